The first kappa shape index (κ1) is 9.73. The molecule has 84 valence electrons. The summed E-state index contributed by atoms with van der Waals surface area (Å²) in [6, 6.07) is 6.19. The third kappa shape index (κ3) is 1.67. The molecule has 1 saturated carbocycles. The van der Waals surface area contributed by atoms with Crippen LogP contribution >= 0.6 is 0 Å². The van der Waals surface area contributed by atoms with Gasteiger partial charge in [-0.25, -0.2) is 0 Å². The van der Waals surface area contributed by atoms with Crippen LogP contribution in [-0.2, 0) is 6.54 Å². The topological polar surface area (TPSA) is 48.0 Å². The molecule has 0 radical (unpaired) electrons. The van der Waals surface area contributed by atoms with Crippen molar-refractivity contribution < 1.29 is 5.11 Å². The van der Waals surface area contributed by atoms with Crippen LogP contribution in [-0.4, -0.2) is 16.1 Å². The van der Waals surface area contributed by atoms with E-state index >= 15 is 0 Å². The molecule has 0 amide bonds. The summed E-state index contributed by atoms with van der Waals surface area (Å²) in [5, 5.41) is 14.1. The molecule has 0 aliphatic heterocycles. The van der Waals surface area contributed by atoms with Crippen molar-refractivity contribution in [2.45, 2.75) is 31.8 Å². The van der Waals surface area contributed by atoms with Crippen LogP contribution in [0.3, 0.4) is 0 Å². The number of phenolic OH excluding ortho intramolecular Hbond substituents is 1. The van der Waals surface area contributed by atoms with Crippen LogP contribution in [0, 0.1) is 0 Å². The highest BCUT2D eigenvalue weighted by Gasteiger charge is 2.16. The van der Waals surface area contributed by atoms with Gasteiger partial charge in [0, 0.05) is 35.8 Å². The van der Waals surface area contributed by atoms with Crippen molar-refractivity contribution in [3.63, 3.8) is 0 Å². The number of aromatic hydroxyl groups is 1. The van der Waals surface area contributed by atoms with Gasteiger partial charge in [0.2, 0.25) is 0 Å². The minimum Gasteiger partial charge on any atom is -0.508 e. The number of nitrogens with one attached hydrogen (secondary N) is 2. The van der Waals surface area contributed by atoms with E-state index < -0.39 is 0 Å². The van der Waals surface area contributed by atoms with Crippen molar-refractivity contribution in [1.29, 1.82) is 0 Å². The number of fused-ring (bicyclic) bond motifs is 1. The number of aromatic nitrogens is 1. The highest BCUT2D eigenvalue weighted by molar-refractivity contribution is 5.84. The lowest BCUT2D eigenvalue weighted by molar-refractivity contribution is 0.338. The highest BCUT2D eigenvalue weighted by atomic mass is 16.3. The second-order valence-corrected chi connectivity index (χ2v) is 4.55. The Hall–Kier alpha value is -1.48. The Morgan fingerprint density at radius 3 is 3.00 bits per heavy atom. The van der Waals surface area contributed by atoms with Gasteiger partial charge in [0.25, 0.3) is 0 Å². The largest absolute Gasteiger partial charge is 0.508 e. The molecule has 3 N–H and O–H groups in total. The minimum atomic E-state index is 0.313. The fourth-order valence-electron chi connectivity index (χ4n) is 2.19. The fraction of sp³-hybridized carbons (Fsp3) is 0.385. The molecule has 0 unspecified atom stereocenters. The summed E-state index contributed by atoms with van der Waals surface area (Å²) in [6.45, 7) is 0.912. The molecule has 0 saturated heterocycles. The van der Waals surface area contributed by atoms with Gasteiger partial charge < -0.3 is 15.4 Å². The van der Waals surface area contributed by atoms with Gasteiger partial charge in [-0.2, -0.15) is 0 Å². The smallest absolute Gasteiger partial charge is 0.117 e. The molecule has 1 aromatic heterocycles. The lowest BCUT2D eigenvalue weighted by Crippen LogP contribution is -2.34. The molecule has 16 heavy (non-hydrogen) atoms. The normalized spacial score (nSPS) is 16.5. The first-order valence-corrected chi connectivity index (χ1v) is 5.85. The monoisotopic (exact) mass is 216 g/mol. The minimum absolute atomic E-state index is 0.313. The Balaban J connectivity index is 1.80. The first-order valence-electron chi connectivity index (χ1n) is 5.85. The van der Waals surface area contributed by atoms with Crippen molar-refractivity contribution >= 4 is 10.9 Å². The predicted octanol–water partition coefficient (Wildman–Crippen LogP) is 2.52. The molecular weight excluding hydrogens is 200 g/mol. The number of hydrogen-bond acceptors (Lipinski definition) is 2. The zero-order valence-electron chi connectivity index (χ0n) is 9.16. The van der Waals surface area contributed by atoms with E-state index in [1.165, 1.54) is 30.2 Å². The van der Waals surface area contributed by atoms with Gasteiger partial charge >= 0.3 is 0 Å². The zero-order valence-corrected chi connectivity index (χ0v) is 9.16. The van der Waals surface area contributed by atoms with Crippen molar-refractivity contribution in [3.8, 4) is 5.75 Å². The van der Waals surface area contributed by atoms with Crippen molar-refractivity contribution in [2.24, 2.45) is 0 Å². The number of aromatic amines is 1. The Bertz CT molecular complexity index is 500. The van der Waals surface area contributed by atoms with Crippen molar-refractivity contribution in [1.82, 2.24) is 10.3 Å². The Labute approximate surface area is 94.5 Å². The molecule has 1 aliphatic rings. The molecule has 0 bridgehead atoms. The Morgan fingerprint density at radius 1 is 1.38 bits per heavy atom. The Morgan fingerprint density at radius 2 is 2.25 bits per heavy atom. The van der Waals surface area contributed by atoms with Crippen LogP contribution < -0.4 is 5.32 Å². The molecular formula is C13H16N2O. The Kier molecular flexibility index (Phi) is 2.33. The number of phenols is 1. The van der Waals surface area contributed by atoms with E-state index in [4.69, 9.17) is 0 Å². The average molecular weight is 216 g/mol. The number of benzene rings is 1. The second kappa shape index (κ2) is 3.83. The molecule has 2 aromatic rings. The van der Waals surface area contributed by atoms with E-state index in [2.05, 4.69) is 10.3 Å². The van der Waals surface area contributed by atoms with Crippen LogP contribution in [0.4, 0.5) is 0 Å². The fourth-order valence-corrected chi connectivity index (χ4v) is 2.19. The van der Waals surface area contributed by atoms with Crippen LogP contribution in [0.1, 0.15) is 24.8 Å². The maximum absolute atomic E-state index is 9.37. The maximum atomic E-state index is 9.37. The van der Waals surface area contributed by atoms with Crippen LogP contribution in [0.5, 0.6) is 5.75 Å². The lowest BCUT2D eigenvalue weighted by Gasteiger charge is -2.26. The van der Waals surface area contributed by atoms with Crippen LogP contribution in [0.25, 0.3) is 10.9 Å². The van der Waals surface area contributed by atoms with E-state index in [0.29, 0.717) is 11.8 Å². The third-order valence-corrected chi connectivity index (χ3v) is 3.44. The first-order chi connectivity index (χ1) is 7.83. The quantitative estimate of drug-likeness (QED) is 0.738. The van der Waals surface area contributed by atoms with Gasteiger partial charge in [-0.15, -0.1) is 0 Å². The van der Waals surface area contributed by atoms with E-state index in [9.17, 15) is 5.11 Å². The average Bonchev–Trinajstić information content (AvgIpc) is 2.58. The van der Waals surface area contributed by atoms with Gasteiger partial charge in [0.15, 0.2) is 0 Å². The summed E-state index contributed by atoms with van der Waals surface area (Å²) < 4.78 is 0. The van der Waals surface area contributed by atoms with E-state index in [1.807, 2.05) is 12.3 Å². The second-order valence-electron chi connectivity index (χ2n) is 4.55. The third-order valence-electron chi connectivity index (χ3n) is 3.44. The van der Waals surface area contributed by atoms with Gasteiger partial charge in [0.1, 0.15) is 5.75 Å². The molecule has 0 spiro atoms. The van der Waals surface area contributed by atoms with Crippen molar-refractivity contribution in [2.75, 3.05) is 0 Å². The van der Waals surface area contributed by atoms with Crippen LogP contribution in [0.15, 0.2) is 24.4 Å². The zero-order chi connectivity index (χ0) is 11.0. The van der Waals surface area contributed by atoms with Gasteiger partial charge in [-0.1, -0.05) is 6.42 Å². The van der Waals surface area contributed by atoms with Crippen molar-refractivity contribution in [3.05, 3.63) is 30.0 Å². The van der Waals surface area contributed by atoms with E-state index in [-0.39, 0.29) is 0 Å². The standard InChI is InChI=1S/C13H16N2O/c16-11-4-5-12-9(8-15-13(12)6-11)7-14-10-2-1-3-10/h4-6,8,10,14-16H,1-3,7H2. The molecule has 3 rings (SSSR count). The SMILES string of the molecule is Oc1ccc2c(CNC3CCC3)c[nH]c2c1. The summed E-state index contributed by atoms with van der Waals surface area (Å²) in [6.07, 6.45) is 6.00. The predicted molar refractivity (Wildman–Crippen MR) is 64.4 cm³/mol. The summed E-state index contributed by atoms with van der Waals surface area (Å²) in [7, 11) is 0. The molecule has 1 aromatic carbocycles. The molecule has 3 nitrogen and oxygen atoms in total. The summed E-state index contributed by atoms with van der Waals surface area (Å²) in [5.41, 5.74) is 2.28. The molecule has 1 heterocycles. The highest BCUT2D eigenvalue weighted by Crippen LogP contribution is 2.24. The summed E-state index contributed by atoms with van der Waals surface area (Å²) >= 11 is 0. The summed E-state index contributed by atoms with van der Waals surface area (Å²) in [5.74, 6) is 0.313. The maximum Gasteiger partial charge on any atom is 0.117 e. The molecule has 0 atom stereocenters. The molecule has 3 heteroatoms. The van der Waals surface area contributed by atoms with E-state index in [1.54, 1.807) is 12.1 Å². The lowest BCUT2D eigenvalue weighted by atomic mass is 9.93. The molecule has 1 aliphatic carbocycles. The summed E-state index contributed by atoms with van der Waals surface area (Å²) in [4.78, 5) is 3.19. The van der Waals surface area contributed by atoms with Gasteiger partial charge in [0.05, 0.1) is 0 Å². The number of hydrogen-bond donors (Lipinski definition) is 3. The van der Waals surface area contributed by atoms with Crippen LogP contribution in [0.2, 0.25) is 0 Å². The van der Waals surface area contributed by atoms with E-state index in [0.717, 1.165) is 12.1 Å². The number of rotatable bonds is 3. The number of H-pyrrole nitrogens is 1. The van der Waals surface area contributed by atoms with Gasteiger partial charge in [-0.3, -0.25) is 0 Å². The van der Waals surface area contributed by atoms with Gasteiger partial charge in [-0.05, 0) is 30.5 Å². The molecule has 1 fully saturated rings.